The van der Waals surface area contributed by atoms with Crippen LogP contribution < -0.4 is 5.32 Å². The lowest BCUT2D eigenvalue weighted by atomic mass is 10.3. The Morgan fingerprint density at radius 1 is 1.18 bits per heavy atom. The number of rotatable bonds is 1. The van der Waals surface area contributed by atoms with Crippen molar-refractivity contribution in [1.82, 2.24) is 0 Å². The Morgan fingerprint density at radius 3 is 2.18 bits per heavy atom. The van der Waals surface area contributed by atoms with Gasteiger partial charge in [0.1, 0.15) is 0 Å². The van der Waals surface area contributed by atoms with Gasteiger partial charge in [0.05, 0.1) is 0 Å². The van der Waals surface area contributed by atoms with Crippen LogP contribution in [0.3, 0.4) is 0 Å². The van der Waals surface area contributed by atoms with E-state index in [1.54, 1.807) is 0 Å². The van der Waals surface area contributed by atoms with Crippen molar-refractivity contribution in [3.63, 3.8) is 0 Å². The van der Waals surface area contributed by atoms with Crippen LogP contribution in [0.1, 0.15) is 0 Å². The maximum Gasteiger partial charge on any atom is 0.491 e. The molecule has 0 radical (unpaired) electrons. The van der Waals surface area contributed by atoms with Gasteiger partial charge in [-0.25, -0.2) is 9.59 Å². The first-order chi connectivity index (χ1) is 7.79. The van der Waals surface area contributed by atoms with Crippen molar-refractivity contribution >= 4 is 29.4 Å². The molecule has 0 saturated heterocycles. The zero-order valence-corrected chi connectivity index (χ0v) is 8.80. The van der Waals surface area contributed by atoms with Gasteiger partial charge in [-0.05, 0) is 24.3 Å². The molecule has 0 aromatic heterocycles. The fourth-order valence-corrected chi connectivity index (χ4v) is 0.945. The second kappa shape index (κ2) is 5.05. The summed E-state index contributed by atoms with van der Waals surface area (Å²) in [7, 11) is 0. The monoisotopic (exact) mass is 267 g/mol. The van der Waals surface area contributed by atoms with E-state index < -0.39 is 18.2 Å². The Labute approximate surface area is 98.3 Å². The third kappa shape index (κ3) is 4.31. The summed E-state index contributed by atoms with van der Waals surface area (Å²) in [4.78, 5) is 21.2. The standard InChI is InChI=1S/C9H5ClF3NO3/c10-5-1-3-6(4-2-5)14-8(16)17-7(15)9(11,12)13/h1-4H,(H,14,16). The minimum Gasteiger partial charge on any atom is -0.369 e. The van der Waals surface area contributed by atoms with Crippen LogP contribution in [0, 0.1) is 0 Å². The number of nitrogens with one attached hydrogen (secondary N) is 1. The van der Waals surface area contributed by atoms with Gasteiger partial charge in [-0.2, -0.15) is 13.2 Å². The van der Waals surface area contributed by atoms with E-state index in [0.29, 0.717) is 5.02 Å². The number of carbonyl (C=O) groups excluding carboxylic acids is 2. The third-order valence-electron chi connectivity index (χ3n) is 1.51. The average Bonchev–Trinajstić information content (AvgIpc) is 2.20. The number of hydrogen-bond acceptors (Lipinski definition) is 3. The highest BCUT2D eigenvalue weighted by Crippen LogP contribution is 2.17. The van der Waals surface area contributed by atoms with Crippen LogP contribution in [0.25, 0.3) is 0 Å². The summed E-state index contributed by atoms with van der Waals surface area (Å²) in [6.45, 7) is 0. The second-order valence-corrected chi connectivity index (χ2v) is 3.24. The number of esters is 1. The van der Waals surface area contributed by atoms with Gasteiger partial charge in [-0.3, -0.25) is 5.32 Å². The summed E-state index contributed by atoms with van der Waals surface area (Å²) < 4.78 is 38.7. The SMILES string of the molecule is O=C(Nc1ccc(Cl)cc1)OC(=O)C(F)(F)F. The molecule has 0 bridgehead atoms. The Morgan fingerprint density at radius 2 is 1.71 bits per heavy atom. The van der Waals surface area contributed by atoms with Crippen LogP contribution >= 0.6 is 11.6 Å². The summed E-state index contributed by atoms with van der Waals surface area (Å²) in [5.74, 6) is -2.58. The number of halogens is 4. The van der Waals surface area contributed by atoms with Crippen LogP contribution in [0.15, 0.2) is 24.3 Å². The molecule has 8 heteroatoms. The summed E-state index contributed by atoms with van der Waals surface area (Å²) >= 11 is 5.55. The Kier molecular flexibility index (Phi) is 3.95. The molecule has 1 aromatic carbocycles. The Hall–Kier alpha value is -1.76. The maximum absolute atomic E-state index is 11.7. The van der Waals surface area contributed by atoms with Gasteiger partial charge in [0, 0.05) is 10.7 Å². The van der Waals surface area contributed by atoms with Gasteiger partial charge < -0.3 is 4.74 Å². The number of carbonyl (C=O) groups is 2. The summed E-state index contributed by atoms with van der Waals surface area (Å²) in [5, 5.41) is 2.32. The van der Waals surface area contributed by atoms with Gasteiger partial charge in [0.25, 0.3) is 0 Å². The maximum atomic E-state index is 11.7. The van der Waals surface area contributed by atoms with Crippen LogP contribution in [0.2, 0.25) is 5.02 Å². The van der Waals surface area contributed by atoms with E-state index >= 15 is 0 Å². The highest BCUT2D eigenvalue weighted by molar-refractivity contribution is 6.30. The summed E-state index contributed by atoms with van der Waals surface area (Å²) in [5.41, 5.74) is 0.148. The number of amides is 1. The average molecular weight is 268 g/mol. The van der Waals surface area contributed by atoms with E-state index in [1.165, 1.54) is 24.3 Å². The van der Waals surface area contributed by atoms with Gasteiger partial charge in [0.2, 0.25) is 0 Å². The molecule has 0 saturated carbocycles. The lowest BCUT2D eigenvalue weighted by molar-refractivity contribution is -0.192. The first-order valence-electron chi connectivity index (χ1n) is 4.14. The van der Waals surface area contributed by atoms with Crippen molar-refractivity contribution in [2.45, 2.75) is 6.18 Å². The summed E-state index contributed by atoms with van der Waals surface area (Å²) in [6.07, 6.45) is -6.73. The molecular formula is C9H5ClF3NO3. The zero-order chi connectivity index (χ0) is 13.1. The van der Waals surface area contributed by atoms with Crippen LogP contribution in [-0.4, -0.2) is 18.2 Å². The lowest BCUT2D eigenvalue weighted by Crippen LogP contribution is -2.30. The molecule has 1 N–H and O–H groups in total. The minimum absolute atomic E-state index is 0.148. The van der Waals surface area contributed by atoms with Crippen LogP contribution in [0.5, 0.6) is 0 Å². The number of hydrogen-bond donors (Lipinski definition) is 1. The third-order valence-corrected chi connectivity index (χ3v) is 1.76. The van der Waals surface area contributed by atoms with Gasteiger partial charge >= 0.3 is 18.2 Å². The van der Waals surface area contributed by atoms with Crippen molar-refractivity contribution in [1.29, 1.82) is 0 Å². The number of ether oxygens (including phenoxy) is 1. The Balaban J connectivity index is 2.56. The van der Waals surface area contributed by atoms with Crippen molar-refractivity contribution < 1.29 is 27.5 Å². The van der Waals surface area contributed by atoms with Gasteiger partial charge in [-0.1, -0.05) is 11.6 Å². The molecule has 0 aliphatic carbocycles. The smallest absolute Gasteiger partial charge is 0.369 e. The molecule has 0 aliphatic heterocycles. The fraction of sp³-hybridized carbons (Fsp3) is 0.111. The van der Waals surface area contributed by atoms with Crippen LogP contribution in [-0.2, 0) is 9.53 Å². The molecule has 1 rings (SSSR count). The zero-order valence-electron chi connectivity index (χ0n) is 8.05. The van der Waals surface area contributed by atoms with Crippen molar-refractivity contribution in [2.75, 3.05) is 5.32 Å². The van der Waals surface area contributed by atoms with E-state index in [2.05, 4.69) is 4.74 Å². The van der Waals surface area contributed by atoms with Crippen LogP contribution in [0.4, 0.5) is 23.7 Å². The molecule has 0 heterocycles. The molecule has 92 valence electrons. The quantitative estimate of drug-likeness (QED) is 0.629. The molecule has 0 spiro atoms. The minimum atomic E-state index is -5.21. The molecule has 0 fully saturated rings. The highest BCUT2D eigenvalue weighted by atomic mass is 35.5. The Bertz CT molecular complexity index is 430. The van der Waals surface area contributed by atoms with E-state index in [1.807, 2.05) is 5.32 Å². The fourth-order valence-electron chi connectivity index (χ4n) is 0.819. The van der Waals surface area contributed by atoms with E-state index in [9.17, 15) is 22.8 Å². The van der Waals surface area contributed by atoms with Gasteiger partial charge in [0.15, 0.2) is 0 Å². The van der Waals surface area contributed by atoms with Crippen molar-refractivity contribution in [3.8, 4) is 0 Å². The van der Waals surface area contributed by atoms with Crippen molar-refractivity contribution in [3.05, 3.63) is 29.3 Å². The second-order valence-electron chi connectivity index (χ2n) is 2.81. The number of benzene rings is 1. The highest BCUT2D eigenvalue weighted by Gasteiger charge is 2.42. The largest absolute Gasteiger partial charge is 0.491 e. The van der Waals surface area contributed by atoms with E-state index in [4.69, 9.17) is 11.6 Å². The number of anilines is 1. The molecular weight excluding hydrogens is 263 g/mol. The summed E-state index contributed by atoms with van der Waals surface area (Å²) in [6, 6.07) is 5.48. The normalized spacial score (nSPS) is 10.8. The molecule has 1 amide bonds. The lowest BCUT2D eigenvalue weighted by Gasteiger charge is -2.07. The topological polar surface area (TPSA) is 55.4 Å². The predicted molar refractivity (Wildman–Crippen MR) is 52.6 cm³/mol. The molecule has 0 atom stereocenters. The molecule has 0 aliphatic rings. The van der Waals surface area contributed by atoms with E-state index in [0.717, 1.165) is 0 Å². The molecule has 0 unspecified atom stereocenters. The van der Waals surface area contributed by atoms with Gasteiger partial charge in [-0.15, -0.1) is 0 Å². The molecule has 4 nitrogen and oxygen atoms in total. The first-order valence-corrected chi connectivity index (χ1v) is 4.52. The predicted octanol–water partition coefficient (Wildman–Crippen LogP) is 2.98. The molecule has 17 heavy (non-hydrogen) atoms. The van der Waals surface area contributed by atoms with E-state index in [-0.39, 0.29) is 5.69 Å². The molecule has 1 aromatic rings. The van der Waals surface area contributed by atoms with Crippen molar-refractivity contribution in [2.24, 2.45) is 0 Å². The number of alkyl halides is 3. The first kappa shape index (κ1) is 13.3.